The lowest BCUT2D eigenvalue weighted by Gasteiger charge is -2.24. The van der Waals surface area contributed by atoms with Gasteiger partial charge in [-0.3, -0.25) is 4.90 Å². The van der Waals surface area contributed by atoms with Gasteiger partial charge < -0.3 is 10.7 Å². The Labute approximate surface area is 118 Å². The van der Waals surface area contributed by atoms with Crippen LogP contribution in [0.1, 0.15) is 19.8 Å². The van der Waals surface area contributed by atoms with Crippen molar-refractivity contribution in [1.82, 2.24) is 14.9 Å². The molecule has 19 heavy (non-hydrogen) atoms. The van der Waals surface area contributed by atoms with Gasteiger partial charge in [-0.15, -0.1) is 0 Å². The molecular formula is C12H22N6S. The highest BCUT2D eigenvalue weighted by Crippen LogP contribution is 2.17. The molecule has 0 spiro atoms. The molecule has 1 aromatic heterocycles. The summed E-state index contributed by atoms with van der Waals surface area (Å²) in [6.07, 6.45) is 4.58. The van der Waals surface area contributed by atoms with Gasteiger partial charge in [0.25, 0.3) is 0 Å². The van der Waals surface area contributed by atoms with Crippen molar-refractivity contribution < 1.29 is 0 Å². The molecule has 106 valence electrons. The van der Waals surface area contributed by atoms with E-state index in [0.29, 0.717) is 17.0 Å². The molecule has 1 aromatic rings. The maximum atomic E-state index is 5.41. The van der Waals surface area contributed by atoms with E-state index in [1.807, 2.05) is 12.3 Å². The van der Waals surface area contributed by atoms with E-state index in [1.54, 1.807) is 0 Å². The van der Waals surface area contributed by atoms with Crippen LogP contribution in [0.25, 0.3) is 0 Å². The largest absolute Gasteiger partial charge is 0.368 e. The second-order valence-corrected chi connectivity index (χ2v) is 5.52. The molecule has 0 aromatic carbocycles. The summed E-state index contributed by atoms with van der Waals surface area (Å²) in [6.45, 7) is 5.54. The Hall–Kier alpha value is -1.05. The van der Waals surface area contributed by atoms with Crippen LogP contribution in [0.5, 0.6) is 0 Å². The van der Waals surface area contributed by atoms with Crippen LogP contribution >= 0.6 is 11.8 Å². The van der Waals surface area contributed by atoms with Gasteiger partial charge in [0, 0.05) is 18.7 Å². The Morgan fingerprint density at radius 2 is 2.05 bits per heavy atom. The molecule has 0 amide bonds. The lowest BCUT2D eigenvalue weighted by Crippen LogP contribution is -2.35. The zero-order valence-electron chi connectivity index (χ0n) is 11.5. The third-order valence-electron chi connectivity index (χ3n) is 3.38. The van der Waals surface area contributed by atoms with E-state index in [0.717, 1.165) is 12.4 Å². The van der Waals surface area contributed by atoms with E-state index >= 15 is 0 Å². The highest BCUT2D eigenvalue weighted by molar-refractivity contribution is 7.98. The zero-order valence-corrected chi connectivity index (χ0v) is 12.3. The zero-order chi connectivity index (χ0) is 13.7. The summed E-state index contributed by atoms with van der Waals surface area (Å²) in [5, 5.41) is 4.08. The average Bonchev–Trinajstić information content (AvgIpc) is 2.98. The number of rotatable bonds is 6. The van der Waals surface area contributed by atoms with Crippen LogP contribution in [0.4, 0.5) is 11.6 Å². The smallest absolute Gasteiger partial charge is 0.191 e. The molecule has 6 nitrogen and oxygen atoms in total. The van der Waals surface area contributed by atoms with Crippen molar-refractivity contribution in [3.63, 3.8) is 0 Å². The molecule has 0 aliphatic carbocycles. The molecule has 1 fully saturated rings. The minimum atomic E-state index is 0.518. The fraction of sp³-hybridized carbons (Fsp3) is 0.667. The number of hydrazine groups is 1. The van der Waals surface area contributed by atoms with E-state index in [2.05, 4.69) is 32.5 Å². The van der Waals surface area contributed by atoms with Gasteiger partial charge in [-0.05, 0) is 39.1 Å². The number of aromatic nitrogens is 2. The summed E-state index contributed by atoms with van der Waals surface area (Å²) in [4.78, 5) is 11.2. The molecule has 2 heterocycles. The van der Waals surface area contributed by atoms with E-state index in [9.17, 15) is 0 Å². The van der Waals surface area contributed by atoms with Crippen molar-refractivity contribution in [1.29, 1.82) is 0 Å². The second kappa shape index (κ2) is 6.93. The Kier molecular flexibility index (Phi) is 5.24. The first-order valence-electron chi connectivity index (χ1n) is 6.60. The first-order chi connectivity index (χ1) is 9.22. The van der Waals surface area contributed by atoms with Gasteiger partial charge in [0.05, 0.1) is 0 Å². The lowest BCUT2D eigenvalue weighted by atomic mass is 10.3. The third-order valence-corrected chi connectivity index (χ3v) is 3.93. The number of hydrogen-bond donors (Lipinski definition) is 3. The van der Waals surface area contributed by atoms with Gasteiger partial charge in [0.15, 0.2) is 5.16 Å². The number of hydrogen-bond acceptors (Lipinski definition) is 7. The number of nitrogens with zero attached hydrogens (tertiary/aromatic N) is 3. The highest BCUT2D eigenvalue weighted by Gasteiger charge is 2.17. The Morgan fingerprint density at radius 1 is 1.37 bits per heavy atom. The van der Waals surface area contributed by atoms with Crippen molar-refractivity contribution in [3.05, 3.63) is 6.07 Å². The summed E-state index contributed by atoms with van der Waals surface area (Å²) in [7, 11) is 0. The van der Waals surface area contributed by atoms with Crippen LogP contribution in [0, 0.1) is 0 Å². The minimum absolute atomic E-state index is 0.518. The van der Waals surface area contributed by atoms with Gasteiger partial charge in [0.1, 0.15) is 11.6 Å². The first-order valence-corrected chi connectivity index (χ1v) is 7.83. The minimum Gasteiger partial charge on any atom is -0.368 e. The Bertz CT molecular complexity index is 385. The molecule has 1 aliphatic heterocycles. The molecule has 4 N–H and O–H groups in total. The number of likely N-dealkylation sites (tertiary alicyclic amines) is 1. The molecule has 0 saturated carbocycles. The van der Waals surface area contributed by atoms with Crippen LogP contribution in [-0.2, 0) is 0 Å². The molecule has 0 bridgehead atoms. The van der Waals surface area contributed by atoms with E-state index < -0.39 is 0 Å². The maximum absolute atomic E-state index is 5.41. The summed E-state index contributed by atoms with van der Waals surface area (Å²) in [6, 6.07) is 2.35. The first kappa shape index (κ1) is 14.4. The van der Waals surface area contributed by atoms with Gasteiger partial charge in [-0.1, -0.05) is 11.8 Å². The van der Waals surface area contributed by atoms with Crippen LogP contribution < -0.4 is 16.6 Å². The summed E-state index contributed by atoms with van der Waals surface area (Å²) in [5.74, 6) is 6.87. The van der Waals surface area contributed by atoms with Gasteiger partial charge in [-0.2, -0.15) is 0 Å². The second-order valence-electron chi connectivity index (χ2n) is 4.74. The number of nitrogens with two attached hydrogens (primary N) is 1. The fourth-order valence-electron chi connectivity index (χ4n) is 2.24. The van der Waals surface area contributed by atoms with Gasteiger partial charge in [-0.25, -0.2) is 15.8 Å². The van der Waals surface area contributed by atoms with Gasteiger partial charge in [0.2, 0.25) is 0 Å². The number of nitrogens with one attached hydrogen (secondary N) is 2. The normalized spacial score (nSPS) is 17.4. The molecule has 1 atom stereocenters. The van der Waals surface area contributed by atoms with Crippen LogP contribution in [-0.4, -0.2) is 46.8 Å². The summed E-state index contributed by atoms with van der Waals surface area (Å²) in [5.41, 5.74) is 2.57. The predicted molar refractivity (Wildman–Crippen MR) is 80.4 cm³/mol. The number of nitrogen functional groups attached to an aromatic ring is 1. The van der Waals surface area contributed by atoms with Gasteiger partial charge >= 0.3 is 0 Å². The van der Waals surface area contributed by atoms with Crippen LogP contribution in [0.2, 0.25) is 0 Å². The molecule has 2 rings (SSSR count). The molecule has 7 heteroatoms. The quantitative estimate of drug-likeness (QED) is 0.315. The van der Waals surface area contributed by atoms with Crippen LogP contribution in [0.15, 0.2) is 11.2 Å². The third kappa shape index (κ3) is 3.95. The van der Waals surface area contributed by atoms with Crippen molar-refractivity contribution in [3.8, 4) is 0 Å². The van der Waals surface area contributed by atoms with E-state index in [4.69, 9.17) is 5.84 Å². The van der Waals surface area contributed by atoms with E-state index in [-0.39, 0.29) is 0 Å². The molecule has 1 unspecified atom stereocenters. The standard InChI is InChI=1S/C12H22N6S/c1-9(18-5-3-4-6-18)8-14-10-7-11(17-13)16-12(15-10)19-2/h7,9H,3-6,8,13H2,1-2H3,(H2,14,15,16,17). The SMILES string of the molecule is CSc1nc(NN)cc(NCC(C)N2CCCC2)n1. The van der Waals surface area contributed by atoms with Crippen LogP contribution in [0.3, 0.4) is 0 Å². The predicted octanol–water partition coefficient (Wildman–Crippen LogP) is 1.38. The van der Waals surface area contributed by atoms with Crippen molar-refractivity contribution >= 4 is 23.4 Å². The van der Waals surface area contributed by atoms with Crippen molar-refractivity contribution in [2.24, 2.45) is 5.84 Å². The van der Waals surface area contributed by atoms with Crippen molar-refractivity contribution in [2.75, 3.05) is 36.6 Å². The molecule has 0 radical (unpaired) electrons. The number of anilines is 2. The monoisotopic (exact) mass is 282 g/mol. The average molecular weight is 282 g/mol. The number of thioether (sulfide) groups is 1. The van der Waals surface area contributed by atoms with E-state index in [1.165, 1.54) is 37.7 Å². The Balaban J connectivity index is 1.94. The molecule has 1 aliphatic rings. The maximum Gasteiger partial charge on any atom is 0.191 e. The highest BCUT2D eigenvalue weighted by atomic mass is 32.2. The topological polar surface area (TPSA) is 79.1 Å². The fourth-order valence-corrected chi connectivity index (χ4v) is 2.62. The summed E-state index contributed by atoms with van der Waals surface area (Å²) >= 11 is 1.50. The lowest BCUT2D eigenvalue weighted by molar-refractivity contribution is 0.269. The molecule has 1 saturated heterocycles. The van der Waals surface area contributed by atoms with Crippen molar-refractivity contribution in [2.45, 2.75) is 31.0 Å². The molecular weight excluding hydrogens is 260 g/mol. The summed E-state index contributed by atoms with van der Waals surface area (Å²) < 4.78 is 0. The Morgan fingerprint density at radius 3 is 2.68 bits per heavy atom.